The molecule has 0 atom stereocenters. The van der Waals surface area contributed by atoms with Crippen LogP contribution in [0.4, 0.5) is 5.69 Å². The number of aromatic hydroxyl groups is 1. The maximum atomic E-state index is 9.46. The van der Waals surface area contributed by atoms with Gasteiger partial charge in [-0.05, 0) is 24.5 Å². The van der Waals surface area contributed by atoms with Crippen molar-refractivity contribution >= 4 is 34.2 Å². The van der Waals surface area contributed by atoms with E-state index in [1.54, 1.807) is 18.5 Å². The lowest BCUT2D eigenvalue weighted by Gasteiger charge is -2.02. The second-order valence-corrected chi connectivity index (χ2v) is 3.72. The highest BCUT2D eigenvalue weighted by Gasteiger charge is 2.02. The van der Waals surface area contributed by atoms with Gasteiger partial charge in [0, 0.05) is 5.02 Å². The summed E-state index contributed by atoms with van der Waals surface area (Å²) in [5.41, 5.74) is 0.328. The number of rotatable bonds is 1. The summed E-state index contributed by atoms with van der Waals surface area (Å²) in [6, 6.07) is 4.53. The molecule has 0 radical (unpaired) electrons. The van der Waals surface area contributed by atoms with Gasteiger partial charge in [0.1, 0.15) is 11.4 Å². The number of hydrogen-bond donors (Lipinski definition) is 2. The van der Waals surface area contributed by atoms with Crippen LogP contribution in [-0.4, -0.2) is 16.5 Å². The van der Waals surface area contributed by atoms with Gasteiger partial charge in [-0.25, -0.2) is 4.99 Å². The first-order chi connectivity index (χ1) is 7.17. The number of amidine groups is 1. The number of nitriles is 1. The lowest BCUT2D eigenvalue weighted by Crippen LogP contribution is -2.12. The molecule has 0 bridgehead atoms. The second kappa shape index (κ2) is 5.49. The first-order valence-electron chi connectivity index (χ1n) is 3.93. The normalized spacial score (nSPS) is 10.9. The van der Waals surface area contributed by atoms with E-state index in [-0.39, 0.29) is 5.75 Å². The van der Waals surface area contributed by atoms with Crippen LogP contribution in [0, 0.1) is 11.5 Å². The fourth-order valence-electron chi connectivity index (χ4n) is 0.868. The van der Waals surface area contributed by atoms with E-state index in [1.165, 1.54) is 23.9 Å². The fourth-order valence-corrected chi connectivity index (χ4v) is 1.37. The summed E-state index contributed by atoms with van der Waals surface area (Å²) < 4.78 is 0. The Kier molecular flexibility index (Phi) is 4.28. The summed E-state index contributed by atoms with van der Waals surface area (Å²) in [6.07, 6.45) is 3.53. The maximum absolute atomic E-state index is 9.46. The van der Waals surface area contributed by atoms with Gasteiger partial charge in [-0.15, -0.1) is 0 Å². The van der Waals surface area contributed by atoms with Crippen molar-refractivity contribution in [2.24, 2.45) is 4.99 Å². The first kappa shape index (κ1) is 11.7. The van der Waals surface area contributed by atoms with Gasteiger partial charge < -0.3 is 5.11 Å². The molecule has 0 unspecified atom stereocenters. The Bertz CT molecular complexity index is 428. The van der Waals surface area contributed by atoms with E-state index in [9.17, 15) is 5.11 Å². The number of nitrogens with one attached hydrogen (secondary N) is 1. The molecule has 0 spiro atoms. The monoisotopic (exact) mass is 241 g/mol. The van der Waals surface area contributed by atoms with E-state index in [1.807, 2.05) is 0 Å². The lowest BCUT2D eigenvalue weighted by molar-refractivity contribution is 0.477. The fraction of sp³-hybridized carbons (Fsp3) is 0.111. The van der Waals surface area contributed by atoms with Crippen molar-refractivity contribution in [1.29, 1.82) is 5.26 Å². The van der Waals surface area contributed by atoms with Gasteiger partial charge in [0.25, 0.3) is 0 Å². The summed E-state index contributed by atoms with van der Waals surface area (Å²) in [5, 5.41) is 21.2. The molecule has 6 heteroatoms. The van der Waals surface area contributed by atoms with Gasteiger partial charge in [0.05, 0.1) is 0 Å². The van der Waals surface area contributed by atoms with E-state index in [2.05, 4.69) is 10.3 Å². The van der Waals surface area contributed by atoms with Gasteiger partial charge >= 0.3 is 0 Å². The predicted molar refractivity (Wildman–Crippen MR) is 62.5 cm³/mol. The average molecular weight is 242 g/mol. The van der Waals surface area contributed by atoms with Crippen molar-refractivity contribution in [1.82, 2.24) is 5.32 Å². The van der Waals surface area contributed by atoms with Gasteiger partial charge in [-0.3, -0.25) is 5.32 Å². The van der Waals surface area contributed by atoms with Gasteiger partial charge in [-0.1, -0.05) is 23.4 Å². The zero-order valence-electron chi connectivity index (χ0n) is 7.86. The molecule has 0 aliphatic carbocycles. The number of hydrogen-bond acceptors (Lipinski definition) is 4. The van der Waals surface area contributed by atoms with Gasteiger partial charge in [0.15, 0.2) is 11.4 Å². The summed E-state index contributed by atoms with van der Waals surface area (Å²) in [5.74, 6) is 0.0192. The minimum atomic E-state index is 0.0192. The number of phenols is 1. The molecule has 0 aliphatic heterocycles. The van der Waals surface area contributed by atoms with Crippen LogP contribution in [0.3, 0.4) is 0 Å². The van der Waals surface area contributed by atoms with Crippen LogP contribution in [0.15, 0.2) is 23.2 Å². The van der Waals surface area contributed by atoms with Gasteiger partial charge in [-0.2, -0.15) is 5.26 Å². The zero-order valence-corrected chi connectivity index (χ0v) is 9.43. The number of nitrogens with zero attached hydrogens (tertiary/aromatic N) is 2. The van der Waals surface area contributed by atoms with Crippen LogP contribution in [0.5, 0.6) is 5.75 Å². The van der Waals surface area contributed by atoms with Crippen LogP contribution in [-0.2, 0) is 0 Å². The van der Waals surface area contributed by atoms with Crippen LogP contribution in [0.25, 0.3) is 0 Å². The molecule has 0 heterocycles. The lowest BCUT2D eigenvalue weighted by atomic mass is 10.3. The minimum absolute atomic E-state index is 0.0192. The summed E-state index contributed by atoms with van der Waals surface area (Å²) >= 11 is 7.01. The Labute approximate surface area is 96.6 Å². The molecular weight excluding hydrogens is 234 g/mol. The highest BCUT2D eigenvalue weighted by molar-refractivity contribution is 8.13. The summed E-state index contributed by atoms with van der Waals surface area (Å²) in [4.78, 5) is 4.04. The van der Waals surface area contributed by atoms with Crippen molar-refractivity contribution in [2.75, 3.05) is 6.26 Å². The molecule has 0 aromatic heterocycles. The SMILES string of the molecule is CSC(=Nc1cc(Cl)ccc1O)NC#N. The molecule has 1 rings (SSSR count). The van der Waals surface area contributed by atoms with E-state index >= 15 is 0 Å². The second-order valence-electron chi connectivity index (χ2n) is 2.49. The van der Waals surface area contributed by atoms with Crippen LogP contribution < -0.4 is 5.32 Å². The third-order valence-corrected chi connectivity index (χ3v) is 2.33. The molecule has 2 N–H and O–H groups in total. The summed E-state index contributed by atoms with van der Waals surface area (Å²) in [6.45, 7) is 0. The van der Waals surface area contributed by atoms with E-state index in [0.29, 0.717) is 15.9 Å². The quantitative estimate of drug-likeness (QED) is 0.343. The third-order valence-electron chi connectivity index (χ3n) is 1.52. The number of aliphatic imine (C=N–C) groups is 1. The molecule has 15 heavy (non-hydrogen) atoms. The Morgan fingerprint density at radius 2 is 2.40 bits per heavy atom. The maximum Gasteiger partial charge on any atom is 0.183 e. The number of thioether (sulfide) groups is 1. The Morgan fingerprint density at radius 3 is 3.00 bits per heavy atom. The Hall–Kier alpha value is -1.38. The molecule has 0 saturated heterocycles. The van der Waals surface area contributed by atoms with Crippen LogP contribution in [0.2, 0.25) is 5.02 Å². The standard InChI is InChI=1S/C9H8ClN3OS/c1-15-9(12-5-11)13-7-4-6(10)2-3-8(7)14/h2-4,14H,1H3,(H,12,13). The van der Waals surface area contributed by atoms with Crippen molar-refractivity contribution in [3.05, 3.63) is 23.2 Å². The molecule has 0 fully saturated rings. The molecule has 4 nitrogen and oxygen atoms in total. The van der Waals surface area contributed by atoms with Gasteiger partial charge in [0.2, 0.25) is 0 Å². The zero-order chi connectivity index (χ0) is 11.3. The number of halogens is 1. The Morgan fingerprint density at radius 1 is 1.67 bits per heavy atom. The van der Waals surface area contributed by atoms with E-state index in [0.717, 1.165) is 0 Å². The molecule has 0 saturated carbocycles. The summed E-state index contributed by atoms with van der Waals surface area (Å²) in [7, 11) is 0. The van der Waals surface area contributed by atoms with E-state index in [4.69, 9.17) is 16.9 Å². The molecular formula is C9H8ClN3OS. The van der Waals surface area contributed by atoms with E-state index < -0.39 is 0 Å². The molecule has 78 valence electrons. The number of benzene rings is 1. The van der Waals surface area contributed by atoms with Crippen molar-refractivity contribution in [3.63, 3.8) is 0 Å². The number of phenolic OH excluding ortho intramolecular Hbond substituents is 1. The Balaban J connectivity index is 3.05. The van der Waals surface area contributed by atoms with Crippen molar-refractivity contribution in [2.45, 2.75) is 0 Å². The minimum Gasteiger partial charge on any atom is -0.506 e. The van der Waals surface area contributed by atoms with Crippen LogP contribution >= 0.6 is 23.4 Å². The van der Waals surface area contributed by atoms with Crippen LogP contribution in [0.1, 0.15) is 0 Å². The largest absolute Gasteiger partial charge is 0.506 e. The average Bonchev–Trinajstić information content (AvgIpc) is 2.22. The van der Waals surface area contributed by atoms with Crippen molar-refractivity contribution in [3.8, 4) is 11.9 Å². The molecule has 1 aromatic rings. The molecule has 1 aromatic carbocycles. The highest BCUT2D eigenvalue weighted by Crippen LogP contribution is 2.29. The predicted octanol–water partition coefficient (Wildman–Crippen LogP) is 2.47. The third kappa shape index (κ3) is 3.35. The topological polar surface area (TPSA) is 68.4 Å². The van der Waals surface area contributed by atoms with Crippen molar-refractivity contribution < 1.29 is 5.11 Å². The smallest absolute Gasteiger partial charge is 0.183 e. The molecule has 0 aliphatic rings. The molecule has 0 amide bonds. The highest BCUT2D eigenvalue weighted by atomic mass is 35.5. The first-order valence-corrected chi connectivity index (χ1v) is 5.54.